The summed E-state index contributed by atoms with van der Waals surface area (Å²) in [5.41, 5.74) is 5.70. The molecule has 1 atom stereocenters. The van der Waals surface area contributed by atoms with Crippen LogP contribution in [0.4, 0.5) is 4.79 Å². The molecule has 24 heavy (non-hydrogen) atoms. The fourth-order valence-electron chi connectivity index (χ4n) is 1.98. The second-order valence-corrected chi connectivity index (χ2v) is 5.08. The van der Waals surface area contributed by atoms with Gasteiger partial charge in [-0.3, -0.25) is 9.59 Å². The van der Waals surface area contributed by atoms with E-state index < -0.39 is 24.0 Å². The van der Waals surface area contributed by atoms with Gasteiger partial charge in [0.25, 0.3) is 5.91 Å². The number of ether oxygens (including phenoxy) is 3. The fourth-order valence-corrected chi connectivity index (χ4v) is 1.98. The standard InChI is InChI=1S/C15H19N3O6/c1-9(24-13(19)4-5-17-15(16)21)14(20)18-7-10-2-3-11-12(6-10)23-8-22-11/h2-3,6,9H,4-5,7-8H2,1H3,(H,18,20)(H3,16,17,21)/t9-/m1/s1. The second kappa shape index (κ2) is 8.04. The predicted molar refractivity (Wildman–Crippen MR) is 82.2 cm³/mol. The first-order valence-electron chi connectivity index (χ1n) is 7.34. The van der Waals surface area contributed by atoms with Crippen LogP contribution in [-0.4, -0.2) is 37.3 Å². The average Bonchev–Trinajstić information content (AvgIpc) is 2.99. The Kier molecular flexibility index (Phi) is 5.83. The second-order valence-electron chi connectivity index (χ2n) is 5.08. The van der Waals surface area contributed by atoms with Crippen LogP contribution in [0.2, 0.25) is 0 Å². The van der Waals surface area contributed by atoms with Gasteiger partial charge in [0.1, 0.15) is 0 Å². The van der Waals surface area contributed by atoms with Crippen LogP contribution in [-0.2, 0) is 20.9 Å². The Balaban J connectivity index is 1.73. The zero-order chi connectivity index (χ0) is 17.5. The SMILES string of the molecule is C[C@@H](OC(=O)CCNC(N)=O)C(=O)NCc1ccc2c(c1)OCO2. The molecule has 130 valence electrons. The van der Waals surface area contributed by atoms with Crippen molar-refractivity contribution in [2.24, 2.45) is 5.73 Å². The minimum atomic E-state index is -0.944. The Bertz CT molecular complexity index is 634. The number of rotatable bonds is 7. The number of nitrogens with two attached hydrogens (primary N) is 1. The van der Waals surface area contributed by atoms with Crippen LogP contribution in [0.5, 0.6) is 11.5 Å². The number of benzene rings is 1. The molecule has 0 saturated carbocycles. The molecular formula is C15H19N3O6. The maximum atomic E-state index is 11.9. The molecule has 1 aromatic carbocycles. The smallest absolute Gasteiger partial charge is 0.312 e. The van der Waals surface area contributed by atoms with Gasteiger partial charge in [-0.05, 0) is 24.6 Å². The molecular weight excluding hydrogens is 318 g/mol. The number of fused-ring (bicyclic) bond motifs is 1. The van der Waals surface area contributed by atoms with Crippen LogP contribution in [0, 0.1) is 0 Å². The van der Waals surface area contributed by atoms with E-state index in [2.05, 4.69) is 10.6 Å². The van der Waals surface area contributed by atoms with Crippen molar-refractivity contribution in [1.82, 2.24) is 10.6 Å². The highest BCUT2D eigenvalue weighted by atomic mass is 16.7. The minimum absolute atomic E-state index is 0.0553. The van der Waals surface area contributed by atoms with Crippen LogP contribution < -0.4 is 25.8 Å². The van der Waals surface area contributed by atoms with Crippen LogP contribution in [0.3, 0.4) is 0 Å². The van der Waals surface area contributed by atoms with E-state index in [1.807, 2.05) is 0 Å². The number of primary amides is 1. The molecule has 0 aromatic heterocycles. The van der Waals surface area contributed by atoms with Crippen molar-refractivity contribution in [3.63, 3.8) is 0 Å². The van der Waals surface area contributed by atoms with E-state index in [9.17, 15) is 14.4 Å². The molecule has 9 nitrogen and oxygen atoms in total. The van der Waals surface area contributed by atoms with Crippen LogP contribution in [0.15, 0.2) is 18.2 Å². The van der Waals surface area contributed by atoms with E-state index in [1.54, 1.807) is 18.2 Å². The van der Waals surface area contributed by atoms with Gasteiger partial charge in [0.05, 0.1) is 6.42 Å². The molecule has 0 saturated heterocycles. The molecule has 9 heteroatoms. The summed E-state index contributed by atoms with van der Waals surface area (Å²) in [5.74, 6) is 0.262. The molecule has 3 amide bonds. The number of urea groups is 1. The Morgan fingerprint density at radius 1 is 1.25 bits per heavy atom. The van der Waals surface area contributed by atoms with E-state index in [1.165, 1.54) is 6.92 Å². The topological polar surface area (TPSA) is 129 Å². The number of carbonyl (C=O) groups excluding carboxylic acids is 3. The molecule has 4 N–H and O–H groups in total. The summed E-state index contributed by atoms with van der Waals surface area (Å²) in [6.07, 6.45) is -1.01. The van der Waals surface area contributed by atoms with E-state index in [-0.39, 0.29) is 26.3 Å². The highest BCUT2D eigenvalue weighted by molar-refractivity contribution is 5.83. The Labute approximate surface area is 138 Å². The molecule has 1 aliphatic heterocycles. The van der Waals surface area contributed by atoms with Crippen molar-refractivity contribution in [3.05, 3.63) is 23.8 Å². The van der Waals surface area contributed by atoms with Crippen LogP contribution >= 0.6 is 0 Å². The number of esters is 1. The van der Waals surface area contributed by atoms with Gasteiger partial charge < -0.3 is 30.6 Å². The van der Waals surface area contributed by atoms with Crippen molar-refractivity contribution >= 4 is 17.9 Å². The summed E-state index contributed by atoms with van der Waals surface area (Å²) < 4.78 is 15.4. The number of hydrogen-bond acceptors (Lipinski definition) is 6. The summed E-state index contributed by atoms with van der Waals surface area (Å²) in [6.45, 7) is 1.97. The van der Waals surface area contributed by atoms with Crippen molar-refractivity contribution in [2.45, 2.75) is 26.0 Å². The first-order chi connectivity index (χ1) is 11.5. The summed E-state index contributed by atoms with van der Waals surface area (Å²) in [6, 6.07) is 4.62. The van der Waals surface area contributed by atoms with E-state index in [0.29, 0.717) is 11.5 Å². The van der Waals surface area contributed by atoms with Gasteiger partial charge in [0.15, 0.2) is 17.6 Å². The van der Waals surface area contributed by atoms with Gasteiger partial charge >= 0.3 is 12.0 Å². The van der Waals surface area contributed by atoms with E-state index >= 15 is 0 Å². The van der Waals surface area contributed by atoms with Crippen molar-refractivity contribution in [1.29, 1.82) is 0 Å². The molecule has 0 unspecified atom stereocenters. The quantitative estimate of drug-likeness (QED) is 0.602. The highest BCUT2D eigenvalue weighted by Gasteiger charge is 2.18. The molecule has 0 fully saturated rings. The maximum absolute atomic E-state index is 11.9. The molecule has 1 heterocycles. The lowest BCUT2D eigenvalue weighted by molar-refractivity contribution is -0.154. The van der Waals surface area contributed by atoms with Gasteiger partial charge in [-0.2, -0.15) is 0 Å². The van der Waals surface area contributed by atoms with E-state index in [4.69, 9.17) is 19.9 Å². The monoisotopic (exact) mass is 337 g/mol. The zero-order valence-electron chi connectivity index (χ0n) is 13.2. The Hall–Kier alpha value is -2.97. The predicted octanol–water partition coefficient (Wildman–Crippen LogP) is 0.0216. The fraction of sp³-hybridized carbons (Fsp3) is 0.400. The molecule has 1 aliphatic rings. The zero-order valence-corrected chi connectivity index (χ0v) is 13.2. The van der Waals surface area contributed by atoms with E-state index in [0.717, 1.165) is 5.56 Å². The number of carbonyl (C=O) groups is 3. The third-order valence-corrected chi connectivity index (χ3v) is 3.21. The normalized spacial score (nSPS) is 13.0. The highest BCUT2D eigenvalue weighted by Crippen LogP contribution is 2.32. The van der Waals surface area contributed by atoms with Gasteiger partial charge in [0.2, 0.25) is 6.79 Å². The molecule has 0 bridgehead atoms. The maximum Gasteiger partial charge on any atom is 0.312 e. The van der Waals surface area contributed by atoms with Crippen molar-refractivity contribution in [3.8, 4) is 11.5 Å². The lowest BCUT2D eigenvalue weighted by atomic mass is 10.2. The van der Waals surface area contributed by atoms with Gasteiger partial charge in [-0.1, -0.05) is 6.07 Å². The molecule has 0 radical (unpaired) electrons. The number of nitrogens with one attached hydrogen (secondary N) is 2. The summed E-state index contributed by atoms with van der Waals surface area (Å²) in [5, 5.41) is 4.93. The first kappa shape index (κ1) is 17.4. The lowest BCUT2D eigenvalue weighted by Gasteiger charge is -2.13. The van der Waals surface area contributed by atoms with Crippen molar-refractivity contribution in [2.75, 3.05) is 13.3 Å². The third-order valence-electron chi connectivity index (χ3n) is 3.21. The third kappa shape index (κ3) is 5.04. The van der Waals surface area contributed by atoms with Gasteiger partial charge in [-0.25, -0.2) is 4.79 Å². The minimum Gasteiger partial charge on any atom is -0.454 e. The first-order valence-corrected chi connectivity index (χ1v) is 7.34. The molecule has 1 aromatic rings. The van der Waals surface area contributed by atoms with Crippen LogP contribution in [0.1, 0.15) is 18.9 Å². The summed E-state index contributed by atoms with van der Waals surface area (Å²) >= 11 is 0. The lowest BCUT2D eigenvalue weighted by Crippen LogP contribution is -2.36. The van der Waals surface area contributed by atoms with Crippen LogP contribution in [0.25, 0.3) is 0 Å². The Morgan fingerprint density at radius 2 is 2.00 bits per heavy atom. The molecule has 0 aliphatic carbocycles. The number of hydrogen-bond donors (Lipinski definition) is 3. The Morgan fingerprint density at radius 3 is 2.75 bits per heavy atom. The van der Waals surface area contributed by atoms with Crippen molar-refractivity contribution < 1.29 is 28.6 Å². The average molecular weight is 337 g/mol. The number of amides is 3. The summed E-state index contributed by atoms with van der Waals surface area (Å²) in [7, 11) is 0. The largest absolute Gasteiger partial charge is 0.454 e. The van der Waals surface area contributed by atoms with Gasteiger partial charge in [0, 0.05) is 13.1 Å². The summed E-state index contributed by atoms with van der Waals surface area (Å²) in [4.78, 5) is 33.9. The molecule has 0 spiro atoms. The molecule has 2 rings (SSSR count). The van der Waals surface area contributed by atoms with Gasteiger partial charge in [-0.15, -0.1) is 0 Å².